The van der Waals surface area contributed by atoms with E-state index in [1.54, 1.807) is 30.3 Å². The molecule has 0 heterocycles. The number of nitrogens with two attached hydrogens (primary N) is 1. The Labute approximate surface area is 110 Å². The lowest BCUT2D eigenvalue weighted by Crippen LogP contribution is -2.16. The van der Waals surface area contributed by atoms with Crippen LogP contribution in [0.3, 0.4) is 0 Å². The number of Topliss-reactive ketones (excluding diaryl/α,β-unsaturated/α-hetero) is 2. The van der Waals surface area contributed by atoms with Crippen molar-refractivity contribution in [2.45, 2.75) is 0 Å². The quantitative estimate of drug-likeness (QED) is 0.291. The molecule has 0 amide bonds. The van der Waals surface area contributed by atoms with E-state index < -0.39 is 11.6 Å². The van der Waals surface area contributed by atoms with Crippen LogP contribution in [0.4, 0.5) is 0 Å². The predicted octanol–water partition coefficient (Wildman–Crippen LogP) is 2.59. The van der Waals surface area contributed by atoms with Crippen LogP contribution in [0.25, 0.3) is 0 Å². The Morgan fingerprint density at radius 1 is 1.22 bits per heavy atom. The number of rotatable bonds is 5. The van der Waals surface area contributed by atoms with Gasteiger partial charge < -0.3 is 5.73 Å². The van der Waals surface area contributed by atoms with Gasteiger partial charge in [0.2, 0.25) is 11.6 Å². The van der Waals surface area contributed by atoms with Gasteiger partial charge >= 0.3 is 0 Å². The van der Waals surface area contributed by atoms with Crippen LogP contribution in [0.15, 0.2) is 65.9 Å². The summed E-state index contributed by atoms with van der Waals surface area (Å²) in [6.07, 6.45) is 4.01. The van der Waals surface area contributed by atoms with Crippen LogP contribution in [0, 0.1) is 0 Å². The zero-order valence-corrected chi connectivity index (χ0v) is 10.4. The van der Waals surface area contributed by atoms with Gasteiger partial charge in [-0.2, -0.15) is 0 Å². The zero-order valence-electron chi connectivity index (χ0n) is 9.60. The van der Waals surface area contributed by atoms with Crippen LogP contribution in [-0.4, -0.2) is 11.6 Å². The number of halogens is 1. The van der Waals surface area contributed by atoms with E-state index in [-0.39, 0.29) is 10.7 Å². The highest BCUT2D eigenvalue weighted by Crippen LogP contribution is 2.09. The first-order valence-corrected chi connectivity index (χ1v) is 5.53. The topological polar surface area (TPSA) is 60.2 Å². The first-order chi connectivity index (χ1) is 8.56. The molecule has 4 heteroatoms. The summed E-state index contributed by atoms with van der Waals surface area (Å²) in [4.78, 5) is 23.8. The summed E-state index contributed by atoms with van der Waals surface area (Å²) in [6, 6.07) is 8.27. The minimum absolute atomic E-state index is 0.0719. The van der Waals surface area contributed by atoms with Gasteiger partial charge in [-0.05, 0) is 6.08 Å². The van der Waals surface area contributed by atoms with Crippen molar-refractivity contribution in [2.24, 2.45) is 5.73 Å². The van der Waals surface area contributed by atoms with Crippen molar-refractivity contribution in [3.63, 3.8) is 0 Å². The number of hydrogen-bond donors (Lipinski definition) is 1. The molecule has 1 rings (SSSR count). The molecule has 0 saturated heterocycles. The largest absolute Gasteiger partial charge is 0.389 e. The van der Waals surface area contributed by atoms with Gasteiger partial charge in [0, 0.05) is 11.1 Å². The van der Waals surface area contributed by atoms with Crippen molar-refractivity contribution in [1.82, 2.24) is 0 Å². The number of hydrogen-bond acceptors (Lipinski definition) is 3. The van der Waals surface area contributed by atoms with Crippen molar-refractivity contribution < 1.29 is 9.59 Å². The molecule has 0 saturated carbocycles. The molecule has 18 heavy (non-hydrogen) atoms. The minimum Gasteiger partial charge on any atom is -0.389 e. The van der Waals surface area contributed by atoms with Crippen LogP contribution in [-0.2, 0) is 4.79 Å². The van der Waals surface area contributed by atoms with Gasteiger partial charge in [-0.3, -0.25) is 9.59 Å². The molecule has 0 aliphatic heterocycles. The fraction of sp³-hybridized carbons (Fsp3) is 0. The minimum atomic E-state index is -0.676. The Morgan fingerprint density at radius 2 is 1.83 bits per heavy atom. The van der Waals surface area contributed by atoms with Gasteiger partial charge in [0.15, 0.2) is 0 Å². The maximum atomic E-state index is 11.9. The van der Waals surface area contributed by atoms with Crippen molar-refractivity contribution >= 4 is 23.2 Å². The van der Waals surface area contributed by atoms with E-state index in [0.717, 1.165) is 0 Å². The second-order valence-electron chi connectivity index (χ2n) is 3.41. The van der Waals surface area contributed by atoms with E-state index in [9.17, 15) is 9.59 Å². The van der Waals surface area contributed by atoms with Gasteiger partial charge in [-0.25, -0.2) is 0 Å². The summed E-state index contributed by atoms with van der Waals surface area (Å²) in [5.74, 6) is -1.29. The highest BCUT2D eigenvalue weighted by Gasteiger charge is 2.18. The Bertz CT molecular complexity index is 526. The third kappa shape index (κ3) is 3.71. The number of benzene rings is 1. The lowest BCUT2D eigenvalue weighted by atomic mass is 10.0. The third-order valence-corrected chi connectivity index (χ3v) is 2.20. The maximum absolute atomic E-state index is 11.9. The fourth-order valence-electron chi connectivity index (χ4n) is 1.32. The molecule has 0 aliphatic rings. The second kappa shape index (κ2) is 6.57. The molecule has 0 bridgehead atoms. The van der Waals surface area contributed by atoms with Crippen molar-refractivity contribution in [1.29, 1.82) is 0 Å². The lowest BCUT2D eigenvalue weighted by Gasteiger charge is -2.01. The molecule has 0 aromatic heterocycles. The van der Waals surface area contributed by atoms with Crippen molar-refractivity contribution in [3.05, 3.63) is 71.4 Å². The van der Waals surface area contributed by atoms with Gasteiger partial charge in [0.25, 0.3) is 0 Å². The Morgan fingerprint density at radius 3 is 2.33 bits per heavy atom. The molecule has 1 aromatic rings. The predicted molar refractivity (Wildman–Crippen MR) is 72.2 cm³/mol. The molecule has 2 N–H and O–H groups in total. The van der Waals surface area contributed by atoms with E-state index in [0.29, 0.717) is 5.56 Å². The van der Waals surface area contributed by atoms with Gasteiger partial charge in [-0.1, -0.05) is 60.7 Å². The van der Waals surface area contributed by atoms with Crippen LogP contribution >= 0.6 is 11.6 Å². The molecule has 1 aromatic carbocycles. The Kier molecular flexibility index (Phi) is 5.08. The van der Waals surface area contributed by atoms with Gasteiger partial charge in [0.05, 0.1) is 5.16 Å². The molecule has 0 aliphatic carbocycles. The number of allylic oxidation sites excluding steroid dienone is 4. The van der Waals surface area contributed by atoms with Crippen LogP contribution < -0.4 is 5.73 Å². The highest BCUT2D eigenvalue weighted by atomic mass is 35.5. The molecule has 0 radical (unpaired) electrons. The van der Waals surface area contributed by atoms with Crippen molar-refractivity contribution in [3.8, 4) is 0 Å². The number of carbonyl (C=O) groups excluding carboxylic acids is 2. The first-order valence-electron chi connectivity index (χ1n) is 5.15. The van der Waals surface area contributed by atoms with Gasteiger partial charge in [0.1, 0.15) is 0 Å². The molecule has 0 fully saturated rings. The smallest absolute Gasteiger partial charge is 0.233 e. The summed E-state index contributed by atoms with van der Waals surface area (Å²) in [6.45, 7) is 3.47. The average molecular weight is 262 g/mol. The summed E-state index contributed by atoms with van der Waals surface area (Å²) in [5, 5.41) is -0.0719. The lowest BCUT2D eigenvalue weighted by molar-refractivity contribution is -0.111. The Balaban J connectivity index is 3.06. The third-order valence-electron chi connectivity index (χ3n) is 2.10. The standard InChI is InChI=1S/C14H12ClNO2/c1-2-6-11(9-12(15)16)14(18)13(17)10-7-4-3-5-8-10/h2-9H,1,16H2/b11-6+,12-9-. The molecule has 0 spiro atoms. The average Bonchev–Trinajstić information content (AvgIpc) is 2.37. The number of carbonyl (C=O) groups is 2. The molecule has 92 valence electrons. The van der Waals surface area contributed by atoms with Crippen LogP contribution in [0.1, 0.15) is 10.4 Å². The molecular formula is C14H12ClNO2. The second-order valence-corrected chi connectivity index (χ2v) is 3.85. The molecule has 0 atom stereocenters. The van der Waals surface area contributed by atoms with E-state index in [4.69, 9.17) is 17.3 Å². The summed E-state index contributed by atoms with van der Waals surface area (Å²) in [5.41, 5.74) is 5.71. The zero-order chi connectivity index (χ0) is 13.5. The van der Waals surface area contributed by atoms with E-state index >= 15 is 0 Å². The molecule has 3 nitrogen and oxygen atoms in total. The molecular weight excluding hydrogens is 250 g/mol. The van der Waals surface area contributed by atoms with E-state index in [1.165, 1.54) is 18.2 Å². The van der Waals surface area contributed by atoms with Gasteiger partial charge in [-0.15, -0.1) is 0 Å². The summed E-state index contributed by atoms with van der Waals surface area (Å²) in [7, 11) is 0. The van der Waals surface area contributed by atoms with Crippen LogP contribution in [0.2, 0.25) is 0 Å². The van der Waals surface area contributed by atoms with Crippen molar-refractivity contribution in [2.75, 3.05) is 0 Å². The highest BCUT2D eigenvalue weighted by molar-refractivity contribution is 6.50. The first kappa shape index (κ1) is 13.9. The molecule has 0 unspecified atom stereocenters. The monoisotopic (exact) mass is 261 g/mol. The van der Waals surface area contributed by atoms with Crippen LogP contribution in [0.5, 0.6) is 0 Å². The normalized spacial score (nSPS) is 12.1. The maximum Gasteiger partial charge on any atom is 0.233 e. The Hall–Kier alpha value is -2.13. The summed E-state index contributed by atoms with van der Waals surface area (Å²) >= 11 is 5.50. The summed E-state index contributed by atoms with van der Waals surface area (Å²) < 4.78 is 0. The number of ketones is 2. The van der Waals surface area contributed by atoms with E-state index in [2.05, 4.69) is 6.58 Å². The van der Waals surface area contributed by atoms with E-state index in [1.807, 2.05) is 0 Å². The fourth-order valence-corrected chi connectivity index (χ4v) is 1.43. The SMILES string of the molecule is C=C/C=C(\C=C(/N)Cl)C(=O)C(=O)c1ccccc1.